The number of hydrogen-bond acceptors (Lipinski definition) is 3. The van der Waals surface area contributed by atoms with E-state index in [9.17, 15) is 0 Å². The molecule has 0 unspecified atom stereocenters. The highest BCUT2D eigenvalue weighted by Gasteiger charge is 2.08. The molecule has 0 saturated heterocycles. The molecule has 0 aliphatic carbocycles. The molecule has 1 aromatic carbocycles. The van der Waals surface area contributed by atoms with Gasteiger partial charge in [-0.15, -0.1) is 0 Å². The predicted octanol–water partition coefficient (Wildman–Crippen LogP) is 3.04. The van der Waals surface area contributed by atoms with Crippen molar-refractivity contribution in [2.45, 2.75) is 19.8 Å². The van der Waals surface area contributed by atoms with Crippen LogP contribution in [0.4, 0.5) is 0 Å². The molecule has 0 radical (unpaired) electrons. The fraction of sp³-hybridized carbons (Fsp3) is 0.250. The lowest BCUT2D eigenvalue weighted by atomic mass is 10.1. The van der Waals surface area contributed by atoms with Gasteiger partial charge in [0.15, 0.2) is 0 Å². The number of aryl methyl sites for hydroxylation is 2. The fourth-order valence-corrected chi connectivity index (χ4v) is 2.08. The number of thiocarbonyl (C=S) groups is 1. The van der Waals surface area contributed by atoms with E-state index in [4.69, 9.17) is 22.7 Å². The molecule has 0 bridgehead atoms. The third kappa shape index (κ3) is 4.03. The van der Waals surface area contributed by atoms with Gasteiger partial charge in [-0.25, -0.2) is 4.98 Å². The fourth-order valence-electron chi connectivity index (χ4n) is 1.92. The van der Waals surface area contributed by atoms with Crippen LogP contribution in [0.5, 0.6) is 5.88 Å². The summed E-state index contributed by atoms with van der Waals surface area (Å²) in [5, 5.41) is 0. The lowest BCUT2D eigenvalue weighted by Crippen LogP contribution is -2.13. The maximum absolute atomic E-state index is 5.72. The Bertz CT molecular complexity index is 584. The molecule has 4 heteroatoms. The number of hydrogen-bond donors (Lipinski definition) is 1. The molecule has 2 aromatic rings. The van der Waals surface area contributed by atoms with Crippen molar-refractivity contribution in [1.29, 1.82) is 0 Å². The van der Waals surface area contributed by atoms with Crippen molar-refractivity contribution in [1.82, 2.24) is 4.98 Å². The molecule has 0 atom stereocenters. The number of nitrogens with two attached hydrogens (primary N) is 1. The van der Waals surface area contributed by atoms with Crippen molar-refractivity contribution >= 4 is 17.2 Å². The number of ether oxygens (including phenoxy) is 1. The largest absolute Gasteiger partial charge is 0.477 e. The van der Waals surface area contributed by atoms with Gasteiger partial charge in [-0.2, -0.15) is 0 Å². The molecular formula is C16H18N2OS. The van der Waals surface area contributed by atoms with E-state index in [1.54, 1.807) is 0 Å². The quantitative estimate of drug-likeness (QED) is 0.655. The first-order valence-electron chi connectivity index (χ1n) is 6.61. The summed E-state index contributed by atoms with van der Waals surface area (Å²) in [5.74, 6) is 0.533. The lowest BCUT2D eigenvalue weighted by molar-refractivity contribution is 0.298. The van der Waals surface area contributed by atoms with Gasteiger partial charge in [0.1, 0.15) is 4.99 Å². The first-order valence-corrected chi connectivity index (χ1v) is 7.02. The maximum atomic E-state index is 5.72. The van der Waals surface area contributed by atoms with Gasteiger partial charge in [0.2, 0.25) is 5.88 Å². The second-order valence-corrected chi connectivity index (χ2v) is 5.05. The zero-order chi connectivity index (χ0) is 14.4. The minimum absolute atomic E-state index is 0.315. The summed E-state index contributed by atoms with van der Waals surface area (Å²) in [7, 11) is 0. The van der Waals surface area contributed by atoms with E-state index < -0.39 is 0 Å². The Morgan fingerprint density at radius 1 is 1.20 bits per heavy atom. The van der Waals surface area contributed by atoms with E-state index in [1.807, 2.05) is 37.3 Å². The molecule has 0 aliphatic heterocycles. The summed E-state index contributed by atoms with van der Waals surface area (Å²) in [6, 6.07) is 14.1. The minimum atomic E-state index is 0.315. The average Bonchev–Trinajstić information content (AvgIpc) is 2.44. The Kier molecular flexibility index (Phi) is 5.07. The van der Waals surface area contributed by atoms with Crippen LogP contribution in [-0.2, 0) is 6.42 Å². The summed E-state index contributed by atoms with van der Waals surface area (Å²) in [6.07, 6.45) is 1.91. The summed E-state index contributed by atoms with van der Waals surface area (Å²) in [4.78, 5) is 4.66. The van der Waals surface area contributed by atoms with Crippen LogP contribution in [0, 0.1) is 6.92 Å². The number of pyridine rings is 1. The molecule has 1 aromatic heterocycles. The van der Waals surface area contributed by atoms with Gasteiger partial charge in [-0.3, -0.25) is 0 Å². The summed E-state index contributed by atoms with van der Waals surface area (Å²) < 4.78 is 5.72. The second kappa shape index (κ2) is 7.01. The number of aromatic nitrogens is 1. The highest BCUT2D eigenvalue weighted by Crippen LogP contribution is 2.16. The lowest BCUT2D eigenvalue weighted by Gasteiger charge is -2.10. The first kappa shape index (κ1) is 14.5. The van der Waals surface area contributed by atoms with Crippen LogP contribution in [0.25, 0.3) is 0 Å². The van der Waals surface area contributed by atoms with E-state index in [0.29, 0.717) is 23.0 Å². The van der Waals surface area contributed by atoms with Gasteiger partial charge >= 0.3 is 0 Å². The third-order valence-electron chi connectivity index (χ3n) is 2.96. The first-order chi connectivity index (χ1) is 9.66. The van der Waals surface area contributed by atoms with Crippen molar-refractivity contribution in [2.24, 2.45) is 5.73 Å². The van der Waals surface area contributed by atoms with Crippen LogP contribution in [0.2, 0.25) is 0 Å². The van der Waals surface area contributed by atoms with Crippen LogP contribution in [0.15, 0.2) is 42.5 Å². The molecule has 3 nitrogen and oxygen atoms in total. The molecule has 0 spiro atoms. The van der Waals surface area contributed by atoms with E-state index in [0.717, 1.165) is 18.5 Å². The average molecular weight is 286 g/mol. The maximum Gasteiger partial charge on any atom is 0.223 e. The Morgan fingerprint density at radius 3 is 2.65 bits per heavy atom. The predicted molar refractivity (Wildman–Crippen MR) is 85.1 cm³/mol. The minimum Gasteiger partial charge on any atom is -0.477 e. The van der Waals surface area contributed by atoms with Gasteiger partial charge in [0, 0.05) is 5.69 Å². The standard InChI is InChI=1S/C16H18N2OS/c1-12-9-10-14(15(17)20)16(18-12)19-11-5-8-13-6-3-2-4-7-13/h2-4,6-7,9-10H,5,8,11H2,1H3,(H2,17,20). The van der Waals surface area contributed by atoms with Gasteiger partial charge in [-0.1, -0.05) is 42.5 Å². The molecular weight excluding hydrogens is 268 g/mol. The van der Waals surface area contributed by atoms with Crippen molar-refractivity contribution in [3.05, 3.63) is 59.3 Å². The van der Waals surface area contributed by atoms with Crippen molar-refractivity contribution in [2.75, 3.05) is 6.61 Å². The van der Waals surface area contributed by atoms with Crippen LogP contribution in [0.1, 0.15) is 23.2 Å². The monoisotopic (exact) mass is 286 g/mol. The zero-order valence-corrected chi connectivity index (χ0v) is 12.3. The Hall–Kier alpha value is -1.94. The van der Waals surface area contributed by atoms with E-state index in [1.165, 1.54) is 5.56 Å². The third-order valence-corrected chi connectivity index (χ3v) is 3.18. The van der Waals surface area contributed by atoms with E-state index >= 15 is 0 Å². The van der Waals surface area contributed by atoms with Crippen molar-refractivity contribution in [3.63, 3.8) is 0 Å². The molecule has 0 fully saturated rings. The van der Waals surface area contributed by atoms with Gasteiger partial charge in [-0.05, 0) is 37.5 Å². The zero-order valence-electron chi connectivity index (χ0n) is 11.5. The van der Waals surface area contributed by atoms with Gasteiger partial charge in [0.25, 0.3) is 0 Å². The highest BCUT2D eigenvalue weighted by atomic mass is 32.1. The van der Waals surface area contributed by atoms with Crippen LogP contribution < -0.4 is 10.5 Å². The molecule has 0 amide bonds. The van der Waals surface area contributed by atoms with Crippen LogP contribution >= 0.6 is 12.2 Å². The SMILES string of the molecule is Cc1ccc(C(N)=S)c(OCCCc2ccccc2)n1. The van der Waals surface area contributed by atoms with E-state index in [-0.39, 0.29) is 0 Å². The summed E-state index contributed by atoms with van der Waals surface area (Å²) in [6.45, 7) is 2.52. The topological polar surface area (TPSA) is 48.1 Å². The molecule has 1 heterocycles. The smallest absolute Gasteiger partial charge is 0.223 e. The normalized spacial score (nSPS) is 10.2. The molecule has 104 valence electrons. The van der Waals surface area contributed by atoms with Gasteiger partial charge in [0.05, 0.1) is 12.2 Å². The summed E-state index contributed by atoms with van der Waals surface area (Å²) >= 11 is 5.01. The Labute approximate surface area is 124 Å². The number of nitrogens with zero attached hydrogens (tertiary/aromatic N) is 1. The second-order valence-electron chi connectivity index (χ2n) is 4.61. The number of benzene rings is 1. The summed E-state index contributed by atoms with van der Waals surface area (Å²) in [5.41, 5.74) is 8.57. The van der Waals surface area contributed by atoms with E-state index in [2.05, 4.69) is 17.1 Å². The molecule has 2 rings (SSSR count). The van der Waals surface area contributed by atoms with Crippen LogP contribution in [0.3, 0.4) is 0 Å². The molecule has 0 aliphatic rings. The molecule has 0 saturated carbocycles. The highest BCUT2D eigenvalue weighted by molar-refractivity contribution is 7.80. The molecule has 2 N–H and O–H groups in total. The Balaban J connectivity index is 1.91. The van der Waals surface area contributed by atoms with Gasteiger partial charge < -0.3 is 10.5 Å². The van der Waals surface area contributed by atoms with Crippen molar-refractivity contribution < 1.29 is 4.74 Å². The molecule has 20 heavy (non-hydrogen) atoms. The Morgan fingerprint density at radius 2 is 1.95 bits per heavy atom. The van der Waals surface area contributed by atoms with Crippen molar-refractivity contribution in [3.8, 4) is 5.88 Å². The number of rotatable bonds is 6. The van der Waals surface area contributed by atoms with Crippen LogP contribution in [-0.4, -0.2) is 16.6 Å².